The highest BCUT2D eigenvalue weighted by molar-refractivity contribution is 5.98. The van der Waals surface area contributed by atoms with Gasteiger partial charge in [-0.2, -0.15) is 0 Å². The molecule has 2 amide bonds. The van der Waals surface area contributed by atoms with Crippen molar-refractivity contribution >= 4 is 17.8 Å². The standard InChI is InChI=1S/C20H28N2O5/c1-19(2,3)12-21-16(23)14-4-6-15(7-5-14)17(24)22-13-20(18(25)26)8-10-27-11-9-20/h4-7H,8-13H2,1-3H3,(H,21,23)(H,22,24)(H,25,26). The summed E-state index contributed by atoms with van der Waals surface area (Å²) in [5, 5.41) is 15.1. The Morgan fingerprint density at radius 2 is 1.48 bits per heavy atom. The molecular formula is C20H28N2O5. The SMILES string of the molecule is CC(C)(C)CNC(=O)c1ccc(C(=O)NCC2(C(=O)O)CCOCC2)cc1. The van der Waals surface area contributed by atoms with Gasteiger partial charge in [0.1, 0.15) is 0 Å². The third kappa shape index (κ3) is 5.79. The molecule has 0 spiro atoms. The second-order valence-corrected chi connectivity index (χ2v) is 8.20. The molecule has 0 unspecified atom stereocenters. The maximum atomic E-state index is 12.4. The summed E-state index contributed by atoms with van der Waals surface area (Å²) in [5.74, 6) is -1.47. The number of carbonyl (C=O) groups is 3. The lowest BCUT2D eigenvalue weighted by molar-refractivity contribution is -0.154. The van der Waals surface area contributed by atoms with E-state index < -0.39 is 11.4 Å². The lowest BCUT2D eigenvalue weighted by Crippen LogP contribution is -2.46. The van der Waals surface area contributed by atoms with Crippen LogP contribution in [0.15, 0.2) is 24.3 Å². The van der Waals surface area contributed by atoms with E-state index in [1.807, 2.05) is 20.8 Å². The number of carboxylic acid groups (broad SMARTS) is 1. The average molecular weight is 376 g/mol. The number of hydrogen-bond donors (Lipinski definition) is 3. The van der Waals surface area contributed by atoms with Gasteiger partial charge in [0, 0.05) is 37.4 Å². The number of ether oxygens (including phenoxy) is 1. The molecule has 1 aromatic carbocycles. The molecule has 27 heavy (non-hydrogen) atoms. The van der Waals surface area contributed by atoms with Crippen LogP contribution in [-0.2, 0) is 9.53 Å². The maximum Gasteiger partial charge on any atom is 0.311 e. The zero-order valence-electron chi connectivity index (χ0n) is 16.1. The number of benzene rings is 1. The predicted octanol–water partition coefficient (Wildman–Crippen LogP) is 2.07. The van der Waals surface area contributed by atoms with Gasteiger partial charge in [0.25, 0.3) is 11.8 Å². The van der Waals surface area contributed by atoms with Crippen LogP contribution in [0.1, 0.15) is 54.3 Å². The third-order valence-electron chi connectivity index (χ3n) is 4.68. The van der Waals surface area contributed by atoms with Gasteiger partial charge >= 0.3 is 5.97 Å². The third-order valence-corrected chi connectivity index (χ3v) is 4.68. The lowest BCUT2D eigenvalue weighted by atomic mass is 9.80. The monoisotopic (exact) mass is 376 g/mol. The van der Waals surface area contributed by atoms with Gasteiger partial charge in [0.05, 0.1) is 5.41 Å². The number of aliphatic carboxylic acids is 1. The Morgan fingerprint density at radius 1 is 1.00 bits per heavy atom. The number of carboxylic acids is 1. The van der Waals surface area contributed by atoms with Crippen molar-refractivity contribution in [2.75, 3.05) is 26.3 Å². The van der Waals surface area contributed by atoms with Crippen molar-refractivity contribution < 1.29 is 24.2 Å². The van der Waals surface area contributed by atoms with E-state index in [2.05, 4.69) is 10.6 Å². The fourth-order valence-corrected chi connectivity index (χ4v) is 2.80. The Hall–Kier alpha value is -2.41. The van der Waals surface area contributed by atoms with E-state index in [4.69, 9.17) is 4.74 Å². The summed E-state index contributed by atoms with van der Waals surface area (Å²) < 4.78 is 5.23. The Kier molecular flexibility index (Phi) is 6.59. The van der Waals surface area contributed by atoms with Gasteiger partial charge < -0.3 is 20.5 Å². The normalized spacial score (nSPS) is 16.4. The molecule has 1 saturated heterocycles. The quantitative estimate of drug-likeness (QED) is 0.705. The summed E-state index contributed by atoms with van der Waals surface area (Å²) in [6, 6.07) is 6.32. The molecule has 7 heteroatoms. The number of hydrogen-bond acceptors (Lipinski definition) is 4. The Morgan fingerprint density at radius 3 is 1.93 bits per heavy atom. The number of carbonyl (C=O) groups excluding carboxylic acids is 2. The van der Waals surface area contributed by atoms with E-state index >= 15 is 0 Å². The van der Waals surface area contributed by atoms with E-state index in [0.717, 1.165) is 0 Å². The van der Waals surface area contributed by atoms with Crippen molar-refractivity contribution in [1.29, 1.82) is 0 Å². The van der Waals surface area contributed by atoms with Crippen LogP contribution in [0, 0.1) is 10.8 Å². The van der Waals surface area contributed by atoms with E-state index in [-0.39, 0.29) is 23.8 Å². The minimum Gasteiger partial charge on any atom is -0.481 e. The molecule has 1 fully saturated rings. The Bertz CT molecular complexity index is 685. The molecule has 0 aromatic heterocycles. The summed E-state index contributed by atoms with van der Waals surface area (Å²) in [6.45, 7) is 7.45. The lowest BCUT2D eigenvalue weighted by Gasteiger charge is -2.33. The van der Waals surface area contributed by atoms with Gasteiger partial charge in [-0.25, -0.2) is 0 Å². The molecule has 148 valence electrons. The van der Waals surface area contributed by atoms with Crippen LogP contribution in [-0.4, -0.2) is 49.2 Å². The van der Waals surface area contributed by atoms with Crippen LogP contribution in [0.2, 0.25) is 0 Å². The minimum absolute atomic E-state index is 0.0141. The molecule has 1 aliphatic rings. The zero-order chi connectivity index (χ0) is 20.1. The topological polar surface area (TPSA) is 105 Å². The molecule has 0 atom stereocenters. The highest BCUT2D eigenvalue weighted by Gasteiger charge is 2.40. The number of rotatable bonds is 6. The average Bonchev–Trinajstić information content (AvgIpc) is 2.64. The van der Waals surface area contributed by atoms with Crippen molar-refractivity contribution in [3.63, 3.8) is 0 Å². The highest BCUT2D eigenvalue weighted by Crippen LogP contribution is 2.30. The van der Waals surface area contributed by atoms with Crippen molar-refractivity contribution in [3.8, 4) is 0 Å². The van der Waals surface area contributed by atoms with Crippen LogP contribution in [0.3, 0.4) is 0 Å². The van der Waals surface area contributed by atoms with Crippen LogP contribution < -0.4 is 10.6 Å². The highest BCUT2D eigenvalue weighted by atomic mass is 16.5. The summed E-state index contributed by atoms with van der Waals surface area (Å²) in [5.41, 5.74) is -0.141. The Labute approximate surface area is 159 Å². The molecule has 7 nitrogen and oxygen atoms in total. The first-order valence-corrected chi connectivity index (χ1v) is 9.11. The van der Waals surface area contributed by atoms with Crippen molar-refractivity contribution in [1.82, 2.24) is 10.6 Å². The Balaban J connectivity index is 1.95. The first-order valence-electron chi connectivity index (χ1n) is 9.11. The summed E-state index contributed by atoms with van der Waals surface area (Å²) >= 11 is 0. The van der Waals surface area contributed by atoms with Crippen molar-refractivity contribution in [2.45, 2.75) is 33.6 Å². The van der Waals surface area contributed by atoms with Gasteiger partial charge in [-0.15, -0.1) is 0 Å². The predicted molar refractivity (Wildman–Crippen MR) is 101 cm³/mol. The van der Waals surface area contributed by atoms with E-state index in [1.54, 1.807) is 24.3 Å². The largest absolute Gasteiger partial charge is 0.481 e. The maximum absolute atomic E-state index is 12.4. The summed E-state index contributed by atoms with van der Waals surface area (Å²) in [7, 11) is 0. The molecule has 0 radical (unpaired) electrons. The molecule has 0 saturated carbocycles. The van der Waals surface area contributed by atoms with Crippen molar-refractivity contribution in [3.05, 3.63) is 35.4 Å². The summed E-state index contributed by atoms with van der Waals surface area (Å²) in [6.07, 6.45) is 0.741. The van der Waals surface area contributed by atoms with Gasteiger partial charge in [-0.3, -0.25) is 14.4 Å². The number of nitrogens with one attached hydrogen (secondary N) is 2. The van der Waals surface area contributed by atoms with Gasteiger partial charge in [-0.1, -0.05) is 20.8 Å². The van der Waals surface area contributed by atoms with Crippen LogP contribution in [0.4, 0.5) is 0 Å². The molecule has 3 N–H and O–H groups in total. The molecule has 2 rings (SSSR count). The summed E-state index contributed by atoms with van der Waals surface area (Å²) in [4.78, 5) is 36.1. The second-order valence-electron chi connectivity index (χ2n) is 8.20. The van der Waals surface area contributed by atoms with Crippen molar-refractivity contribution in [2.24, 2.45) is 10.8 Å². The molecule has 1 aliphatic heterocycles. The van der Waals surface area contributed by atoms with Crippen LogP contribution >= 0.6 is 0 Å². The molecule has 0 bridgehead atoms. The first kappa shape index (κ1) is 20.9. The smallest absolute Gasteiger partial charge is 0.311 e. The minimum atomic E-state index is -0.985. The molecule has 1 heterocycles. The fourth-order valence-electron chi connectivity index (χ4n) is 2.80. The zero-order valence-corrected chi connectivity index (χ0v) is 16.1. The van der Waals surface area contributed by atoms with Gasteiger partial charge in [-0.05, 0) is 42.5 Å². The fraction of sp³-hybridized carbons (Fsp3) is 0.550. The van der Waals surface area contributed by atoms with Crippen LogP contribution in [0.25, 0.3) is 0 Å². The van der Waals surface area contributed by atoms with Gasteiger partial charge in [0.15, 0.2) is 0 Å². The molecule has 1 aromatic rings. The molecule has 0 aliphatic carbocycles. The van der Waals surface area contributed by atoms with E-state index in [9.17, 15) is 19.5 Å². The van der Waals surface area contributed by atoms with E-state index in [1.165, 1.54) is 0 Å². The first-order chi connectivity index (χ1) is 12.6. The van der Waals surface area contributed by atoms with Gasteiger partial charge in [0.2, 0.25) is 0 Å². The molecular weight excluding hydrogens is 348 g/mol. The second kappa shape index (κ2) is 8.52. The van der Waals surface area contributed by atoms with Crippen LogP contribution in [0.5, 0.6) is 0 Å². The van der Waals surface area contributed by atoms with E-state index in [0.29, 0.717) is 43.7 Å². The number of amides is 2.